The molecule has 0 radical (unpaired) electrons. The van der Waals surface area contributed by atoms with Gasteiger partial charge in [-0.1, -0.05) is 30.7 Å². The molecule has 0 saturated heterocycles. The number of benzene rings is 1. The van der Waals surface area contributed by atoms with Crippen LogP contribution in [0.15, 0.2) is 34.9 Å². The van der Waals surface area contributed by atoms with Crippen molar-refractivity contribution in [3.63, 3.8) is 0 Å². The van der Waals surface area contributed by atoms with E-state index in [2.05, 4.69) is 10.3 Å². The molecule has 1 aliphatic rings. The minimum Gasteiger partial charge on any atom is -0.432 e. The van der Waals surface area contributed by atoms with Crippen LogP contribution in [0.25, 0.3) is 0 Å². The predicted molar refractivity (Wildman–Crippen MR) is 76.9 cm³/mol. The lowest BCUT2D eigenvalue weighted by Gasteiger charge is -2.14. The zero-order valence-electron chi connectivity index (χ0n) is 11.1. The van der Waals surface area contributed by atoms with Crippen molar-refractivity contribution in [3.8, 4) is 0 Å². The van der Waals surface area contributed by atoms with Gasteiger partial charge in [-0.05, 0) is 37.0 Å². The zero-order valence-corrected chi connectivity index (χ0v) is 11.9. The van der Waals surface area contributed by atoms with Crippen LogP contribution in [0.2, 0.25) is 5.02 Å². The number of aromatic nitrogens is 1. The summed E-state index contributed by atoms with van der Waals surface area (Å²) in [7, 11) is 0. The van der Waals surface area contributed by atoms with E-state index in [-0.39, 0.29) is 11.9 Å². The normalized spacial score (nSPS) is 15.9. The number of carbonyl (C=O) groups is 1. The summed E-state index contributed by atoms with van der Waals surface area (Å²) in [5.41, 5.74) is 1.30. The minimum absolute atomic E-state index is 0.0794. The van der Waals surface area contributed by atoms with Crippen LogP contribution in [0.3, 0.4) is 0 Å². The highest BCUT2D eigenvalue weighted by molar-refractivity contribution is 6.30. The molecule has 0 spiro atoms. The number of nitrogens with zero attached hydrogens (tertiary/aromatic N) is 1. The van der Waals surface area contributed by atoms with Gasteiger partial charge in [0.1, 0.15) is 6.26 Å². The Morgan fingerprint density at radius 2 is 2.30 bits per heavy atom. The number of halogens is 1. The van der Waals surface area contributed by atoms with Crippen LogP contribution in [0, 0.1) is 0 Å². The second-order valence-electron chi connectivity index (χ2n) is 5.04. The number of oxazole rings is 1. The lowest BCUT2D eigenvalue weighted by Crippen LogP contribution is -2.27. The Kier molecular flexibility index (Phi) is 3.26. The average molecular weight is 291 g/mol. The number of hydrogen-bond donors (Lipinski definition) is 1. The van der Waals surface area contributed by atoms with Crippen molar-refractivity contribution in [1.29, 1.82) is 0 Å². The largest absolute Gasteiger partial charge is 0.432 e. The molecule has 0 unspecified atom stereocenters. The maximum Gasteiger partial charge on any atom is 0.301 e. The molecule has 1 aromatic carbocycles. The number of amides is 1. The Bertz CT molecular complexity index is 647. The number of rotatable bonds is 4. The Balaban J connectivity index is 1.79. The summed E-state index contributed by atoms with van der Waals surface area (Å²) in [5, 5.41) is 3.40. The van der Waals surface area contributed by atoms with Crippen LogP contribution >= 0.6 is 11.6 Å². The fourth-order valence-electron chi connectivity index (χ4n) is 2.30. The van der Waals surface area contributed by atoms with Crippen LogP contribution < -0.4 is 5.32 Å². The van der Waals surface area contributed by atoms with Gasteiger partial charge < -0.3 is 4.42 Å². The zero-order chi connectivity index (χ0) is 14.2. The molecule has 1 saturated carbocycles. The summed E-state index contributed by atoms with van der Waals surface area (Å²) in [6.45, 7) is 1.98. The van der Waals surface area contributed by atoms with Crippen LogP contribution in [-0.4, -0.2) is 10.9 Å². The first-order valence-corrected chi connectivity index (χ1v) is 7.04. The quantitative estimate of drug-likeness (QED) is 0.936. The minimum atomic E-state index is -0.480. The summed E-state index contributed by atoms with van der Waals surface area (Å²) >= 11 is 6.00. The number of hydrogen-bond acceptors (Lipinski definition) is 3. The van der Waals surface area contributed by atoms with Gasteiger partial charge in [0, 0.05) is 5.02 Å². The van der Waals surface area contributed by atoms with Crippen molar-refractivity contribution in [2.75, 3.05) is 5.32 Å². The van der Waals surface area contributed by atoms with Gasteiger partial charge in [-0.2, -0.15) is 4.98 Å². The van der Waals surface area contributed by atoms with Gasteiger partial charge in [-0.15, -0.1) is 0 Å². The summed E-state index contributed by atoms with van der Waals surface area (Å²) in [6.07, 6.45) is 3.98. The van der Waals surface area contributed by atoms with Gasteiger partial charge in [0.15, 0.2) is 0 Å². The Morgan fingerprint density at radius 1 is 1.50 bits per heavy atom. The number of anilines is 1. The molecule has 0 atom stereocenters. The van der Waals surface area contributed by atoms with Crippen molar-refractivity contribution in [2.45, 2.75) is 31.6 Å². The standard InChI is InChI=1S/C15H15ClN2O2/c1-2-12-9-20-14(17-12)18-13(19)15(6-7-15)10-4-3-5-11(16)8-10/h3-5,8-9H,2,6-7H2,1H3,(H,17,18,19). The van der Waals surface area contributed by atoms with E-state index in [0.29, 0.717) is 5.02 Å². The molecule has 1 aromatic heterocycles. The third-order valence-corrected chi connectivity index (χ3v) is 3.93. The third-order valence-electron chi connectivity index (χ3n) is 3.70. The van der Waals surface area contributed by atoms with Gasteiger partial charge in [-0.25, -0.2) is 0 Å². The molecule has 4 nitrogen and oxygen atoms in total. The maximum atomic E-state index is 12.5. The average Bonchev–Trinajstić information content (AvgIpc) is 3.14. The second kappa shape index (κ2) is 4.94. The molecular weight excluding hydrogens is 276 g/mol. The SMILES string of the molecule is CCc1coc(NC(=O)C2(c3cccc(Cl)c3)CC2)n1. The highest BCUT2D eigenvalue weighted by Crippen LogP contribution is 2.49. The lowest BCUT2D eigenvalue weighted by molar-refractivity contribution is -0.118. The van der Waals surface area contributed by atoms with Gasteiger partial charge in [0.2, 0.25) is 5.91 Å². The summed E-state index contributed by atoms with van der Waals surface area (Å²) in [4.78, 5) is 16.6. The van der Waals surface area contributed by atoms with E-state index in [0.717, 1.165) is 30.5 Å². The van der Waals surface area contributed by atoms with E-state index in [1.54, 1.807) is 12.3 Å². The predicted octanol–water partition coefficient (Wildman–Crippen LogP) is 3.56. The van der Waals surface area contributed by atoms with E-state index >= 15 is 0 Å². The number of aryl methyl sites for hydroxylation is 1. The van der Waals surface area contributed by atoms with E-state index in [9.17, 15) is 4.79 Å². The molecule has 2 aromatic rings. The van der Waals surface area contributed by atoms with Crippen molar-refractivity contribution >= 4 is 23.5 Å². The molecule has 1 aliphatic carbocycles. The van der Waals surface area contributed by atoms with Crippen molar-refractivity contribution < 1.29 is 9.21 Å². The fraction of sp³-hybridized carbons (Fsp3) is 0.333. The molecule has 5 heteroatoms. The van der Waals surface area contributed by atoms with Gasteiger partial charge in [-0.3, -0.25) is 10.1 Å². The fourth-order valence-corrected chi connectivity index (χ4v) is 2.49. The smallest absolute Gasteiger partial charge is 0.301 e. The van der Waals surface area contributed by atoms with E-state index < -0.39 is 5.41 Å². The summed E-state index contributed by atoms with van der Waals surface area (Å²) in [5.74, 6) is -0.0794. The topological polar surface area (TPSA) is 55.1 Å². The van der Waals surface area contributed by atoms with Crippen LogP contribution in [0.4, 0.5) is 6.01 Å². The van der Waals surface area contributed by atoms with Crippen molar-refractivity contribution in [3.05, 3.63) is 46.8 Å². The summed E-state index contributed by atoms with van der Waals surface area (Å²) in [6, 6.07) is 7.72. The van der Waals surface area contributed by atoms with Crippen LogP contribution in [0.5, 0.6) is 0 Å². The highest BCUT2D eigenvalue weighted by atomic mass is 35.5. The maximum absolute atomic E-state index is 12.5. The first-order chi connectivity index (χ1) is 9.64. The van der Waals surface area contributed by atoms with Crippen LogP contribution in [0.1, 0.15) is 31.0 Å². The third kappa shape index (κ3) is 2.31. The molecule has 0 bridgehead atoms. The Morgan fingerprint density at radius 3 is 2.90 bits per heavy atom. The number of nitrogens with one attached hydrogen (secondary N) is 1. The first-order valence-electron chi connectivity index (χ1n) is 6.66. The summed E-state index contributed by atoms with van der Waals surface area (Å²) < 4.78 is 5.24. The molecule has 1 amide bonds. The lowest BCUT2D eigenvalue weighted by atomic mass is 9.95. The van der Waals surface area contributed by atoms with Gasteiger partial charge in [0.05, 0.1) is 11.1 Å². The Labute approximate surface area is 122 Å². The molecule has 3 rings (SSSR count). The van der Waals surface area contributed by atoms with E-state index in [1.165, 1.54) is 0 Å². The monoisotopic (exact) mass is 290 g/mol. The molecule has 104 valence electrons. The molecule has 1 fully saturated rings. The molecule has 20 heavy (non-hydrogen) atoms. The van der Waals surface area contributed by atoms with Gasteiger partial charge >= 0.3 is 6.01 Å². The highest BCUT2D eigenvalue weighted by Gasteiger charge is 2.51. The Hall–Kier alpha value is -1.81. The molecule has 1 N–H and O–H groups in total. The van der Waals surface area contributed by atoms with E-state index in [4.69, 9.17) is 16.0 Å². The molecular formula is C15H15ClN2O2. The molecule has 1 heterocycles. The van der Waals surface area contributed by atoms with Crippen LogP contribution in [-0.2, 0) is 16.6 Å². The number of carbonyl (C=O) groups excluding carboxylic acids is 1. The van der Waals surface area contributed by atoms with Crippen molar-refractivity contribution in [1.82, 2.24) is 4.98 Å². The van der Waals surface area contributed by atoms with E-state index in [1.807, 2.05) is 25.1 Å². The second-order valence-corrected chi connectivity index (χ2v) is 5.48. The first kappa shape index (κ1) is 13.2. The van der Waals surface area contributed by atoms with Gasteiger partial charge in [0.25, 0.3) is 0 Å². The molecule has 0 aliphatic heterocycles. The van der Waals surface area contributed by atoms with Crippen molar-refractivity contribution in [2.24, 2.45) is 0 Å².